The first kappa shape index (κ1) is 26.9. The van der Waals surface area contributed by atoms with E-state index in [2.05, 4.69) is 5.32 Å². The molecule has 2 aliphatic rings. The van der Waals surface area contributed by atoms with Crippen LogP contribution in [0, 0.1) is 29.3 Å². The van der Waals surface area contributed by atoms with Crippen molar-refractivity contribution in [2.75, 3.05) is 25.1 Å². The first-order valence-electron chi connectivity index (χ1n) is 11.4. The van der Waals surface area contributed by atoms with Crippen molar-refractivity contribution in [3.05, 3.63) is 58.4 Å². The Bertz CT molecular complexity index is 1240. The number of halogens is 4. The molecule has 3 N–H and O–H groups in total. The van der Waals surface area contributed by atoms with Crippen LogP contribution in [0.5, 0.6) is 0 Å². The minimum Gasteiger partial charge on any atom is -0.394 e. The Morgan fingerprint density at radius 2 is 1.72 bits per heavy atom. The molecule has 0 saturated heterocycles. The summed E-state index contributed by atoms with van der Waals surface area (Å²) in [6.45, 7) is -0.122. The Kier molecular flexibility index (Phi) is 7.68. The summed E-state index contributed by atoms with van der Waals surface area (Å²) in [4.78, 5) is 12.4. The highest BCUT2D eigenvalue weighted by Crippen LogP contribution is 2.51. The number of aliphatic hydroxyl groups excluding tert-OH is 1. The van der Waals surface area contributed by atoms with Crippen LogP contribution in [-0.4, -0.2) is 55.2 Å². The van der Waals surface area contributed by atoms with Gasteiger partial charge in [0.25, 0.3) is 5.91 Å². The van der Waals surface area contributed by atoms with E-state index in [-0.39, 0.29) is 65.7 Å². The van der Waals surface area contributed by atoms with Crippen LogP contribution in [0.2, 0.25) is 5.02 Å². The second kappa shape index (κ2) is 10.3. The van der Waals surface area contributed by atoms with Gasteiger partial charge in [-0.15, -0.1) is 0 Å². The van der Waals surface area contributed by atoms with Gasteiger partial charge >= 0.3 is 0 Å². The summed E-state index contributed by atoms with van der Waals surface area (Å²) in [5, 5.41) is 21.2. The van der Waals surface area contributed by atoms with Crippen LogP contribution in [0.15, 0.2) is 35.2 Å². The second-order valence-corrected chi connectivity index (χ2v) is 11.9. The molecule has 2 fully saturated rings. The lowest BCUT2D eigenvalue weighted by Gasteiger charge is -2.40. The predicted molar refractivity (Wildman–Crippen MR) is 125 cm³/mol. The number of sulfone groups is 1. The molecule has 2 bridgehead atoms. The van der Waals surface area contributed by atoms with Crippen molar-refractivity contribution in [3.8, 4) is 0 Å². The van der Waals surface area contributed by atoms with E-state index in [1.807, 2.05) is 0 Å². The average Bonchev–Trinajstić information content (AvgIpc) is 3.11. The van der Waals surface area contributed by atoms with E-state index < -0.39 is 44.0 Å². The van der Waals surface area contributed by atoms with Gasteiger partial charge in [-0.25, -0.2) is 21.6 Å². The van der Waals surface area contributed by atoms with Crippen LogP contribution in [0.1, 0.15) is 36.0 Å². The van der Waals surface area contributed by atoms with E-state index in [1.54, 1.807) is 0 Å². The smallest absolute Gasteiger partial charge is 0.255 e. The molecule has 7 nitrogen and oxygen atoms in total. The van der Waals surface area contributed by atoms with Gasteiger partial charge < -0.3 is 20.3 Å². The van der Waals surface area contributed by atoms with Gasteiger partial charge in [-0.05, 0) is 55.7 Å². The number of rotatable bonds is 8. The van der Waals surface area contributed by atoms with Crippen molar-refractivity contribution < 1.29 is 41.3 Å². The fourth-order valence-corrected chi connectivity index (χ4v) is 8.27. The molecular weight excluding hydrogens is 523 g/mol. The number of carbonyl (C=O) groups excluding carboxylic acids is 1. The number of hydrogen-bond acceptors (Lipinski definition) is 6. The number of anilines is 1. The Morgan fingerprint density at radius 3 is 2.31 bits per heavy atom. The van der Waals surface area contributed by atoms with E-state index in [0.717, 1.165) is 6.07 Å². The molecular formula is C24H25ClF3NO6S. The normalized spacial score (nSPS) is 25.7. The van der Waals surface area contributed by atoms with Crippen LogP contribution in [0.4, 0.5) is 18.9 Å². The van der Waals surface area contributed by atoms with Crippen molar-refractivity contribution in [2.24, 2.45) is 11.8 Å². The lowest BCUT2D eigenvalue weighted by molar-refractivity contribution is -0.0864. The minimum atomic E-state index is -4.03. The summed E-state index contributed by atoms with van der Waals surface area (Å²) < 4.78 is 72.9. The fraction of sp³-hybridized carbons (Fsp3) is 0.458. The number of ether oxygens (including phenoxy) is 1. The summed E-state index contributed by atoms with van der Waals surface area (Å²) in [6, 6.07) is 4.83. The fourth-order valence-electron chi connectivity index (χ4n) is 5.43. The Balaban J connectivity index is 1.57. The molecule has 2 saturated carbocycles. The van der Waals surface area contributed by atoms with Gasteiger partial charge in [0.05, 0.1) is 40.6 Å². The van der Waals surface area contributed by atoms with Gasteiger partial charge in [-0.1, -0.05) is 11.6 Å². The van der Waals surface area contributed by atoms with Gasteiger partial charge in [0.2, 0.25) is 0 Å². The summed E-state index contributed by atoms with van der Waals surface area (Å²) in [6.07, 6.45) is 1.60. The van der Waals surface area contributed by atoms with Gasteiger partial charge in [0.1, 0.15) is 0 Å². The minimum absolute atomic E-state index is 0.00564. The summed E-state index contributed by atoms with van der Waals surface area (Å²) in [5.74, 6) is -6.22. The van der Waals surface area contributed by atoms with E-state index >= 15 is 0 Å². The molecule has 0 spiro atoms. The molecule has 36 heavy (non-hydrogen) atoms. The highest BCUT2D eigenvalue weighted by Gasteiger charge is 2.54. The lowest BCUT2D eigenvalue weighted by Crippen LogP contribution is -2.48. The van der Waals surface area contributed by atoms with Gasteiger partial charge in [-0.3, -0.25) is 4.79 Å². The topological polar surface area (TPSA) is 113 Å². The Labute approximate surface area is 211 Å². The van der Waals surface area contributed by atoms with Crippen LogP contribution < -0.4 is 5.32 Å². The van der Waals surface area contributed by atoms with Crippen molar-refractivity contribution >= 4 is 33.0 Å². The zero-order chi connectivity index (χ0) is 26.3. The monoisotopic (exact) mass is 547 g/mol. The van der Waals surface area contributed by atoms with E-state index in [9.17, 15) is 31.5 Å². The van der Waals surface area contributed by atoms with Gasteiger partial charge in [-0.2, -0.15) is 0 Å². The SMILES string of the molecule is O=C(Nc1cc(F)c(F)c(F)c1)c1ccc(Cl)c(S(=O)(=O)[C@H]2C3CC[C@H]2C[C@](O)(COCCO)C3)c1. The number of hydrogen-bond donors (Lipinski definition) is 3. The van der Waals surface area contributed by atoms with E-state index in [0.29, 0.717) is 25.0 Å². The van der Waals surface area contributed by atoms with Crippen molar-refractivity contribution in [1.82, 2.24) is 0 Å². The first-order chi connectivity index (χ1) is 16.9. The average molecular weight is 548 g/mol. The zero-order valence-corrected chi connectivity index (χ0v) is 20.6. The molecule has 1 amide bonds. The summed E-state index contributed by atoms with van der Waals surface area (Å²) in [5.41, 5.74) is -1.66. The number of amides is 1. The molecule has 196 valence electrons. The summed E-state index contributed by atoms with van der Waals surface area (Å²) in [7, 11) is -4.03. The van der Waals surface area contributed by atoms with E-state index in [4.69, 9.17) is 21.4 Å². The molecule has 4 atom stereocenters. The molecule has 2 aromatic rings. The zero-order valence-electron chi connectivity index (χ0n) is 19.0. The third-order valence-electron chi connectivity index (χ3n) is 6.83. The number of aliphatic hydroxyl groups is 2. The number of nitrogens with one attached hydrogen (secondary N) is 1. The van der Waals surface area contributed by atoms with Gasteiger partial charge in [0.15, 0.2) is 27.3 Å². The lowest BCUT2D eigenvalue weighted by atomic mass is 9.77. The Morgan fingerprint density at radius 1 is 1.11 bits per heavy atom. The molecule has 4 rings (SSSR count). The first-order valence-corrected chi connectivity index (χ1v) is 13.3. The van der Waals surface area contributed by atoms with Crippen molar-refractivity contribution in [3.63, 3.8) is 0 Å². The molecule has 0 heterocycles. The highest BCUT2D eigenvalue weighted by molar-refractivity contribution is 7.92. The third kappa shape index (κ3) is 5.26. The maximum atomic E-state index is 13.7. The van der Waals surface area contributed by atoms with Crippen LogP contribution in [0.25, 0.3) is 0 Å². The van der Waals surface area contributed by atoms with E-state index in [1.165, 1.54) is 12.1 Å². The highest BCUT2D eigenvalue weighted by atomic mass is 35.5. The molecule has 2 aliphatic carbocycles. The third-order valence-corrected chi connectivity index (χ3v) is 9.71. The number of carbonyl (C=O) groups is 1. The molecule has 0 aliphatic heterocycles. The molecule has 1 unspecified atom stereocenters. The van der Waals surface area contributed by atoms with Crippen LogP contribution in [-0.2, 0) is 14.6 Å². The van der Waals surface area contributed by atoms with Gasteiger partial charge in [0, 0.05) is 23.4 Å². The van der Waals surface area contributed by atoms with Crippen LogP contribution in [0.3, 0.4) is 0 Å². The predicted octanol–water partition coefficient (Wildman–Crippen LogP) is 3.71. The van der Waals surface area contributed by atoms with Crippen molar-refractivity contribution in [2.45, 2.75) is 41.4 Å². The van der Waals surface area contributed by atoms with Crippen LogP contribution >= 0.6 is 11.6 Å². The maximum absolute atomic E-state index is 13.7. The largest absolute Gasteiger partial charge is 0.394 e. The number of fused-ring (bicyclic) bond motifs is 2. The molecule has 2 aromatic carbocycles. The second-order valence-electron chi connectivity index (χ2n) is 9.37. The maximum Gasteiger partial charge on any atom is 0.255 e. The number of benzene rings is 2. The summed E-state index contributed by atoms with van der Waals surface area (Å²) >= 11 is 6.24. The Hall–Kier alpha value is -2.18. The molecule has 0 aromatic heterocycles. The quantitative estimate of drug-likeness (QED) is 0.343. The molecule has 0 radical (unpaired) electrons. The standard InChI is InChI=1S/C24H25ClF3NO6S/c25-17-4-3-13(23(31)29-16-8-18(26)21(28)19(27)9-16)7-20(17)36(33,34)22-14-1-2-15(22)11-24(32,10-14)12-35-6-5-30/h3-4,7-9,14-15,22,30,32H,1-2,5-6,10-12H2,(H,29,31)/t14-,15?,22+,24+/m0/s1. The van der Waals surface area contributed by atoms with Crippen molar-refractivity contribution in [1.29, 1.82) is 0 Å². The molecule has 12 heteroatoms.